The van der Waals surface area contributed by atoms with Gasteiger partial charge in [-0.2, -0.15) is 4.98 Å². The minimum atomic E-state index is -0.0922. The van der Waals surface area contributed by atoms with Gasteiger partial charge >= 0.3 is 0 Å². The molecule has 0 spiro atoms. The van der Waals surface area contributed by atoms with Crippen molar-refractivity contribution in [1.29, 1.82) is 0 Å². The molecule has 1 amide bonds. The number of benzene rings is 1. The third-order valence-electron chi connectivity index (χ3n) is 2.94. The van der Waals surface area contributed by atoms with Crippen molar-refractivity contribution in [3.05, 3.63) is 41.5 Å². The molecule has 0 bridgehead atoms. The number of amides is 1. The summed E-state index contributed by atoms with van der Waals surface area (Å²) in [6, 6.07) is 7.55. The average Bonchev–Trinajstić information content (AvgIpc) is 2.90. The van der Waals surface area contributed by atoms with Gasteiger partial charge in [0.1, 0.15) is 0 Å². The largest absolute Gasteiger partial charge is 0.352 e. The Morgan fingerprint density at radius 2 is 2.23 bits per heavy atom. The van der Waals surface area contributed by atoms with Gasteiger partial charge in [0.25, 0.3) is 5.91 Å². The van der Waals surface area contributed by atoms with Crippen LogP contribution in [0.5, 0.6) is 0 Å². The van der Waals surface area contributed by atoms with Gasteiger partial charge in [-0.05, 0) is 32.4 Å². The molecule has 0 saturated carbocycles. The number of nitrogens with two attached hydrogens (primary N) is 1. The molecule has 1 aromatic heterocycles. The normalized spacial score (nSPS) is 12.1. The molecule has 0 radical (unpaired) electrons. The Kier molecular flexibility index (Phi) is 5.97. The predicted molar refractivity (Wildman–Crippen MR) is 85.6 cm³/mol. The number of nitrogens with one attached hydrogen (secondary N) is 1. The summed E-state index contributed by atoms with van der Waals surface area (Å²) in [5.74, 6) is 1.60. The zero-order valence-corrected chi connectivity index (χ0v) is 13.5. The number of carbonyl (C=O) groups is 1. The minimum Gasteiger partial charge on any atom is -0.352 e. The van der Waals surface area contributed by atoms with Gasteiger partial charge in [0, 0.05) is 17.5 Å². The van der Waals surface area contributed by atoms with Crippen LogP contribution < -0.4 is 11.1 Å². The Labute approximate surface area is 133 Å². The molecule has 118 valence electrons. The zero-order chi connectivity index (χ0) is 15.9. The highest BCUT2D eigenvalue weighted by Gasteiger charge is 2.12. The molecule has 22 heavy (non-hydrogen) atoms. The highest BCUT2D eigenvalue weighted by Crippen LogP contribution is 2.25. The fourth-order valence-electron chi connectivity index (χ4n) is 1.83. The molecule has 7 heteroatoms. The lowest BCUT2D eigenvalue weighted by molar-refractivity contribution is 0.0950. The lowest BCUT2D eigenvalue weighted by Gasteiger charge is -2.10. The van der Waals surface area contributed by atoms with Crippen LogP contribution in [0.15, 0.2) is 33.7 Å². The van der Waals surface area contributed by atoms with Gasteiger partial charge in [-0.3, -0.25) is 4.79 Å². The Hall–Kier alpha value is -1.86. The van der Waals surface area contributed by atoms with Crippen molar-refractivity contribution < 1.29 is 9.32 Å². The summed E-state index contributed by atoms with van der Waals surface area (Å²) in [6.07, 6.45) is 0.752. The van der Waals surface area contributed by atoms with Crippen molar-refractivity contribution in [2.75, 3.05) is 6.54 Å². The van der Waals surface area contributed by atoms with Crippen LogP contribution in [0.3, 0.4) is 0 Å². The second kappa shape index (κ2) is 7.95. The van der Waals surface area contributed by atoms with E-state index in [0.29, 0.717) is 29.6 Å². The van der Waals surface area contributed by atoms with Crippen LogP contribution in [0.1, 0.15) is 35.4 Å². The molecule has 1 unspecified atom stereocenters. The number of aryl methyl sites for hydroxylation is 1. The Morgan fingerprint density at radius 1 is 1.45 bits per heavy atom. The van der Waals surface area contributed by atoms with Crippen LogP contribution in [-0.2, 0) is 5.75 Å². The molecule has 2 aromatic rings. The van der Waals surface area contributed by atoms with E-state index in [4.69, 9.17) is 10.3 Å². The summed E-state index contributed by atoms with van der Waals surface area (Å²) >= 11 is 1.50. The first-order valence-electron chi connectivity index (χ1n) is 7.11. The van der Waals surface area contributed by atoms with Crippen LogP contribution in [0.4, 0.5) is 0 Å². The van der Waals surface area contributed by atoms with Crippen molar-refractivity contribution in [2.24, 2.45) is 5.73 Å². The standard InChI is InChI=1S/C15H20N4O2S/c1-10(16)7-8-17-15(20)12-5-3-4-6-13(12)22-9-14-18-11(2)19-21-14/h3-6,10H,7-9,16H2,1-2H3,(H,17,20). The van der Waals surface area contributed by atoms with Crippen molar-refractivity contribution in [2.45, 2.75) is 37.0 Å². The fraction of sp³-hybridized carbons (Fsp3) is 0.400. The Morgan fingerprint density at radius 3 is 2.91 bits per heavy atom. The number of thioether (sulfide) groups is 1. The molecule has 1 atom stereocenters. The topological polar surface area (TPSA) is 94.0 Å². The van der Waals surface area contributed by atoms with E-state index in [0.717, 1.165) is 11.3 Å². The van der Waals surface area contributed by atoms with Gasteiger partial charge in [0.2, 0.25) is 5.89 Å². The molecule has 0 saturated heterocycles. The van der Waals surface area contributed by atoms with Gasteiger partial charge in [-0.25, -0.2) is 0 Å². The Bertz CT molecular complexity index is 628. The van der Waals surface area contributed by atoms with Crippen molar-refractivity contribution in [1.82, 2.24) is 15.5 Å². The third-order valence-corrected chi connectivity index (χ3v) is 4.00. The SMILES string of the molecule is Cc1noc(CSc2ccccc2C(=O)NCCC(C)N)n1. The quantitative estimate of drug-likeness (QED) is 0.759. The molecular formula is C15H20N4O2S. The monoisotopic (exact) mass is 320 g/mol. The smallest absolute Gasteiger partial charge is 0.252 e. The molecular weight excluding hydrogens is 300 g/mol. The van der Waals surface area contributed by atoms with Crippen LogP contribution >= 0.6 is 11.8 Å². The van der Waals surface area contributed by atoms with Crippen molar-refractivity contribution >= 4 is 17.7 Å². The third kappa shape index (κ3) is 4.85. The minimum absolute atomic E-state index is 0.0747. The van der Waals surface area contributed by atoms with E-state index in [1.807, 2.05) is 31.2 Å². The number of nitrogens with zero attached hydrogens (tertiary/aromatic N) is 2. The summed E-state index contributed by atoms with van der Waals surface area (Å²) in [4.78, 5) is 17.3. The molecule has 0 aliphatic carbocycles. The molecule has 0 aliphatic heterocycles. The Balaban J connectivity index is 1.98. The predicted octanol–water partition coefficient (Wildman–Crippen LogP) is 2.14. The summed E-state index contributed by atoms with van der Waals surface area (Å²) in [6.45, 7) is 4.26. The van der Waals surface area contributed by atoms with Gasteiger partial charge < -0.3 is 15.6 Å². The summed E-state index contributed by atoms with van der Waals surface area (Å²) < 4.78 is 5.08. The lowest BCUT2D eigenvalue weighted by atomic mass is 10.2. The molecule has 0 aliphatic rings. The van der Waals surface area contributed by atoms with Crippen LogP contribution in [0.25, 0.3) is 0 Å². The van der Waals surface area contributed by atoms with Crippen molar-refractivity contribution in [3.63, 3.8) is 0 Å². The maximum atomic E-state index is 12.2. The van der Waals surface area contributed by atoms with Gasteiger partial charge in [-0.15, -0.1) is 11.8 Å². The summed E-state index contributed by atoms with van der Waals surface area (Å²) in [5.41, 5.74) is 6.33. The van der Waals surface area contributed by atoms with E-state index >= 15 is 0 Å². The molecule has 0 fully saturated rings. The molecule has 1 aromatic carbocycles. The first kappa shape index (κ1) is 16.5. The van der Waals surface area contributed by atoms with Gasteiger partial charge in [-0.1, -0.05) is 17.3 Å². The zero-order valence-electron chi connectivity index (χ0n) is 12.7. The first-order chi connectivity index (χ1) is 10.6. The van der Waals surface area contributed by atoms with Gasteiger partial charge in [0.15, 0.2) is 5.82 Å². The van der Waals surface area contributed by atoms with E-state index in [1.54, 1.807) is 6.92 Å². The second-order valence-electron chi connectivity index (χ2n) is 5.04. The first-order valence-corrected chi connectivity index (χ1v) is 8.09. The van der Waals surface area contributed by atoms with E-state index < -0.39 is 0 Å². The molecule has 6 nitrogen and oxygen atoms in total. The summed E-state index contributed by atoms with van der Waals surface area (Å²) in [7, 11) is 0. The van der Waals surface area contributed by atoms with E-state index in [2.05, 4.69) is 15.5 Å². The average molecular weight is 320 g/mol. The number of carbonyl (C=O) groups excluding carboxylic acids is 1. The van der Waals surface area contributed by atoms with Crippen LogP contribution in [-0.4, -0.2) is 28.6 Å². The number of aromatic nitrogens is 2. The van der Waals surface area contributed by atoms with Crippen LogP contribution in [0.2, 0.25) is 0 Å². The lowest BCUT2D eigenvalue weighted by Crippen LogP contribution is -2.29. The van der Waals surface area contributed by atoms with E-state index in [-0.39, 0.29) is 11.9 Å². The highest BCUT2D eigenvalue weighted by atomic mass is 32.2. The molecule has 3 N–H and O–H groups in total. The number of rotatable bonds is 7. The van der Waals surface area contributed by atoms with E-state index in [9.17, 15) is 4.79 Å². The molecule has 1 heterocycles. The number of hydrogen-bond acceptors (Lipinski definition) is 6. The van der Waals surface area contributed by atoms with Crippen LogP contribution in [0, 0.1) is 6.92 Å². The highest BCUT2D eigenvalue weighted by molar-refractivity contribution is 7.98. The fourth-order valence-corrected chi connectivity index (χ4v) is 2.71. The number of hydrogen-bond donors (Lipinski definition) is 2. The maximum absolute atomic E-state index is 12.2. The second-order valence-corrected chi connectivity index (χ2v) is 6.06. The molecule has 2 rings (SSSR count). The van der Waals surface area contributed by atoms with E-state index in [1.165, 1.54) is 11.8 Å². The van der Waals surface area contributed by atoms with Crippen molar-refractivity contribution in [3.8, 4) is 0 Å². The maximum Gasteiger partial charge on any atom is 0.252 e. The van der Waals surface area contributed by atoms with Gasteiger partial charge in [0.05, 0.1) is 11.3 Å². The summed E-state index contributed by atoms with van der Waals surface area (Å²) in [5, 5.41) is 6.64.